The van der Waals surface area contributed by atoms with E-state index in [2.05, 4.69) is 4.98 Å². The van der Waals surface area contributed by atoms with Crippen LogP contribution < -0.4 is 0 Å². The van der Waals surface area contributed by atoms with Crippen molar-refractivity contribution in [1.82, 2.24) is 9.88 Å². The van der Waals surface area contributed by atoms with E-state index >= 15 is 0 Å². The van der Waals surface area contributed by atoms with Crippen LogP contribution in [0.4, 0.5) is 0 Å². The number of aryl methyl sites for hydroxylation is 2. The zero-order valence-electron chi connectivity index (χ0n) is 14.1. The van der Waals surface area contributed by atoms with Gasteiger partial charge in [0.25, 0.3) is 6.47 Å². The lowest BCUT2D eigenvalue weighted by Crippen LogP contribution is -2.41. The minimum Gasteiger partial charge on any atom is -0.483 e. The maximum Gasteiger partial charge on any atom is 0.290 e. The van der Waals surface area contributed by atoms with Gasteiger partial charge in [-0.1, -0.05) is 0 Å². The molecule has 0 bridgehead atoms. The molecule has 1 aliphatic heterocycles. The Hall–Kier alpha value is -1.95. The molecule has 1 N–H and O–H groups in total. The summed E-state index contributed by atoms with van der Waals surface area (Å²) in [5, 5.41) is 6.89. The Labute approximate surface area is 137 Å². The number of piperidine rings is 1. The summed E-state index contributed by atoms with van der Waals surface area (Å²) in [4.78, 5) is 27.1. The number of nitrogens with zero attached hydrogens (tertiary/aromatic N) is 2. The maximum absolute atomic E-state index is 12.4. The second-order valence-corrected chi connectivity index (χ2v) is 5.84. The lowest BCUT2D eigenvalue weighted by molar-refractivity contribution is -0.132. The first-order valence-electron chi connectivity index (χ1n) is 7.78. The molecule has 128 valence electrons. The summed E-state index contributed by atoms with van der Waals surface area (Å²) >= 11 is 0. The van der Waals surface area contributed by atoms with E-state index in [4.69, 9.17) is 14.6 Å². The van der Waals surface area contributed by atoms with E-state index < -0.39 is 0 Å². The molecule has 1 saturated heterocycles. The van der Waals surface area contributed by atoms with E-state index in [9.17, 15) is 4.79 Å². The van der Waals surface area contributed by atoms with Gasteiger partial charge in [-0.3, -0.25) is 14.6 Å². The predicted octanol–water partition coefficient (Wildman–Crippen LogP) is 1.83. The highest BCUT2D eigenvalue weighted by Gasteiger charge is 2.23. The molecule has 1 aliphatic rings. The number of ether oxygens (including phenoxy) is 1. The van der Waals surface area contributed by atoms with E-state index in [0.29, 0.717) is 12.3 Å². The SMILES string of the molecule is COCC1CCCN(C(=O)Cc2cc(C)nc(C)c2)C1.O=CO. The molecular formula is C17H26N2O4. The number of carbonyl (C=O) groups excluding carboxylic acids is 1. The molecule has 0 saturated carbocycles. The molecule has 1 atom stereocenters. The fourth-order valence-corrected chi connectivity index (χ4v) is 2.97. The Kier molecular flexibility index (Phi) is 8.26. The first kappa shape index (κ1) is 19.1. The summed E-state index contributed by atoms with van der Waals surface area (Å²) in [5.74, 6) is 0.703. The first-order valence-corrected chi connectivity index (χ1v) is 7.78. The van der Waals surface area contributed by atoms with Gasteiger partial charge in [0.1, 0.15) is 0 Å². The number of pyridine rings is 1. The quantitative estimate of drug-likeness (QED) is 0.856. The van der Waals surface area contributed by atoms with Crippen LogP contribution in [-0.2, 0) is 20.7 Å². The van der Waals surface area contributed by atoms with Crippen LogP contribution in [-0.4, -0.2) is 54.2 Å². The van der Waals surface area contributed by atoms with Gasteiger partial charge >= 0.3 is 0 Å². The van der Waals surface area contributed by atoms with E-state index in [1.54, 1.807) is 7.11 Å². The van der Waals surface area contributed by atoms with Crippen molar-refractivity contribution in [1.29, 1.82) is 0 Å². The van der Waals surface area contributed by atoms with Crippen LogP contribution in [0.15, 0.2) is 12.1 Å². The molecule has 23 heavy (non-hydrogen) atoms. The van der Waals surface area contributed by atoms with E-state index in [-0.39, 0.29) is 12.4 Å². The van der Waals surface area contributed by atoms with Crippen LogP contribution in [0.3, 0.4) is 0 Å². The molecule has 1 unspecified atom stereocenters. The number of aromatic nitrogens is 1. The summed E-state index contributed by atoms with van der Waals surface area (Å²) < 4.78 is 5.21. The summed E-state index contributed by atoms with van der Waals surface area (Å²) in [7, 11) is 1.73. The van der Waals surface area contributed by atoms with Crippen molar-refractivity contribution < 1.29 is 19.4 Å². The molecule has 1 aromatic rings. The largest absolute Gasteiger partial charge is 0.483 e. The number of rotatable bonds is 4. The molecule has 0 aromatic carbocycles. The fraction of sp³-hybridized carbons (Fsp3) is 0.588. The van der Waals surface area contributed by atoms with E-state index in [0.717, 1.165) is 49.5 Å². The topological polar surface area (TPSA) is 79.7 Å². The Morgan fingerprint density at radius 3 is 2.61 bits per heavy atom. The maximum atomic E-state index is 12.4. The van der Waals surface area contributed by atoms with Crippen LogP contribution in [0.25, 0.3) is 0 Å². The van der Waals surface area contributed by atoms with Gasteiger partial charge in [-0.2, -0.15) is 0 Å². The number of likely N-dealkylation sites (tertiary alicyclic amines) is 1. The zero-order chi connectivity index (χ0) is 17.2. The van der Waals surface area contributed by atoms with Crippen LogP contribution in [0.5, 0.6) is 0 Å². The van der Waals surface area contributed by atoms with Crippen LogP contribution in [0, 0.1) is 19.8 Å². The minimum atomic E-state index is -0.250. The van der Waals surface area contributed by atoms with Crippen molar-refractivity contribution in [2.24, 2.45) is 5.92 Å². The number of carboxylic acid groups (broad SMARTS) is 1. The smallest absolute Gasteiger partial charge is 0.290 e. The van der Waals surface area contributed by atoms with E-state index in [1.807, 2.05) is 30.9 Å². The van der Waals surface area contributed by atoms with Crippen LogP contribution >= 0.6 is 0 Å². The molecule has 0 spiro atoms. The molecule has 2 heterocycles. The summed E-state index contributed by atoms with van der Waals surface area (Å²) in [5.41, 5.74) is 3.02. The van der Waals surface area contributed by atoms with Crippen molar-refractivity contribution in [3.8, 4) is 0 Å². The molecule has 0 radical (unpaired) electrons. The van der Waals surface area contributed by atoms with Gasteiger partial charge in [0.15, 0.2) is 0 Å². The van der Waals surface area contributed by atoms with E-state index in [1.165, 1.54) is 0 Å². The molecule has 0 aliphatic carbocycles. The monoisotopic (exact) mass is 322 g/mol. The number of methoxy groups -OCH3 is 1. The number of hydrogen-bond donors (Lipinski definition) is 1. The Morgan fingerprint density at radius 2 is 2.04 bits per heavy atom. The lowest BCUT2D eigenvalue weighted by Gasteiger charge is -2.32. The highest BCUT2D eigenvalue weighted by atomic mass is 16.5. The predicted molar refractivity (Wildman–Crippen MR) is 87.3 cm³/mol. The Bertz CT molecular complexity index is 497. The van der Waals surface area contributed by atoms with Gasteiger partial charge in [0.05, 0.1) is 13.0 Å². The number of amides is 1. The molecule has 1 amide bonds. The van der Waals surface area contributed by atoms with Gasteiger partial charge < -0.3 is 14.7 Å². The van der Waals surface area contributed by atoms with Gasteiger partial charge in [-0.25, -0.2) is 0 Å². The molecule has 1 fully saturated rings. The molecule has 6 nitrogen and oxygen atoms in total. The molecular weight excluding hydrogens is 296 g/mol. The van der Waals surface area contributed by atoms with Gasteiger partial charge in [0.2, 0.25) is 5.91 Å². The second kappa shape index (κ2) is 9.94. The Balaban J connectivity index is 0.000000816. The van der Waals surface area contributed by atoms with Crippen molar-refractivity contribution in [2.75, 3.05) is 26.8 Å². The van der Waals surface area contributed by atoms with Crippen molar-refractivity contribution >= 4 is 12.4 Å². The number of carbonyl (C=O) groups is 2. The van der Waals surface area contributed by atoms with Crippen molar-refractivity contribution in [2.45, 2.75) is 33.1 Å². The third-order valence-corrected chi connectivity index (χ3v) is 3.77. The lowest BCUT2D eigenvalue weighted by atomic mass is 9.98. The summed E-state index contributed by atoms with van der Waals surface area (Å²) in [6.07, 6.45) is 2.71. The Morgan fingerprint density at radius 1 is 1.43 bits per heavy atom. The van der Waals surface area contributed by atoms with Gasteiger partial charge in [-0.15, -0.1) is 0 Å². The average molecular weight is 322 g/mol. The highest BCUT2D eigenvalue weighted by Crippen LogP contribution is 2.18. The summed E-state index contributed by atoms with van der Waals surface area (Å²) in [6.45, 7) is 6.14. The minimum absolute atomic E-state index is 0.218. The fourth-order valence-electron chi connectivity index (χ4n) is 2.97. The summed E-state index contributed by atoms with van der Waals surface area (Å²) in [6, 6.07) is 4.00. The van der Waals surface area contributed by atoms with Crippen LogP contribution in [0.1, 0.15) is 29.8 Å². The zero-order valence-corrected chi connectivity index (χ0v) is 14.1. The first-order chi connectivity index (χ1) is 11.0. The second-order valence-electron chi connectivity index (χ2n) is 5.84. The van der Waals surface area contributed by atoms with Gasteiger partial charge in [-0.05, 0) is 50.3 Å². The van der Waals surface area contributed by atoms with Crippen molar-refractivity contribution in [3.05, 3.63) is 29.1 Å². The normalized spacial score (nSPS) is 17.2. The third kappa shape index (κ3) is 6.78. The highest BCUT2D eigenvalue weighted by molar-refractivity contribution is 5.78. The van der Waals surface area contributed by atoms with Gasteiger partial charge in [0, 0.05) is 31.6 Å². The third-order valence-electron chi connectivity index (χ3n) is 3.77. The van der Waals surface area contributed by atoms with Crippen LogP contribution in [0.2, 0.25) is 0 Å². The molecule has 1 aromatic heterocycles. The molecule has 2 rings (SSSR count). The average Bonchev–Trinajstić information content (AvgIpc) is 2.47. The molecule has 6 heteroatoms. The number of hydrogen-bond acceptors (Lipinski definition) is 4. The van der Waals surface area contributed by atoms with Crippen molar-refractivity contribution in [3.63, 3.8) is 0 Å². The standard InChI is InChI=1S/C16H24N2O2.CH2O2/c1-12-7-15(8-13(2)17-12)9-16(19)18-6-4-5-14(10-18)11-20-3;2-1-3/h7-8,14H,4-6,9-11H2,1-3H3;1H,(H,2,3).